The molecule has 3 aromatic heterocycles. The Morgan fingerprint density at radius 1 is 1.33 bits per heavy atom. The van der Waals surface area contributed by atoms with Crippen LogP contribution in [-0.4, -0.2) is 25.8 Å². The lowest BCUT2D eigenvalue weighted by Gasteiger charge is -2.16. The number of aryl methyl sites for hydroxylation is 1. The van der Waals surface area contributed by atoms with E-state index in [1.165, 1.54) is 11.8 Å². The highest BCUT2D eigenvalue weighted by Gasteiger charge is 2.22. The van der Waals surface area contributed by atoms with Crippen molar-refractivity contribution in [2.45, 2.75) is 30.5 Å². The molecule has 0 fully saturated rings. The quantitative estimate of drug-likeness (QED) is 0.480. The van der Waals surface area contributed by atoms with E-state index < -0.39 is 0 Å². The van der Waals surface area contributed by atoms with Crippen molar-refractivity contribution < 1.29 is 9.21 Å². The van der Waals surface area contributed by atoms with Gasteiger partial charge in [0.2, 0.25) is 5.91 Å². The maximum Gasteiger partial charge on any atom is 0.237 e. The number of aromatic nitrogens is 3. The summed E-state index contributed by atoms with van der Waals surface area (Å²) in [6, 6.07) is 9.24. The smallest absolute Gasteiger partial charge is 0.237 e. The van der Waals surface area contributed by atoms with Crippen LogP contribution in [0.15, 0.2) is 52.4 Å². The van der Waals surface area contributed by atoms with Gasteiger partial charge in [-0.3, -0.25) is 9.20 Å². The SMILES string of the molecule is CCC(Sc1nncn2c1cc1occc12)C(=O)Nc1cc(Cl)ccc1C. The van der Waals surface area contributed by atoms with Crippen molar-refractivity contribution in [2.75, 3.05) is 5.32 Å². The molecule has 3 heterocycles. The molecule has 27 heavy (non-hydrogen) atoms. The Kier molecular flexibility index (Phi) is 4.80. The van der Waals surface area contributed by atoms with E-state index in [2.05, 4.69) is 15.5 Å². The normalized spacial score (nSPS) is 12.6. The van der Waals surface area contributed by atoms with Crippen molar-refractivity contribution in [3.63, 3.8) is 0 Å². The van der Waals surface area contributed by atoms with E-state index in [4.69, 9.17) is 16.0 Å². The molecular weight excluding hydrogens is 384 g/mol. The maximum atomic E-state index is 12.8. The molecule has 138 valence electrons. The van der Waals surface area contributed by atoms with Gasteiger partial charge >= 0.3 is 0 Å². The summed E-state index contributed by atoms with van der Waals surface area (Å²) in [6.45, 7) is 3.90. The van der Waals surface area contributed by atoms with Crippen molar-refractivity contribution in [1.29, 1.82) is 0 Å². The predicted molar refractivity (Wildman–Crippen MR) is 108 cm³/mol. The summed E-state index contributed by atoms with van der Waals surface area (Å²) in [4.78, 5) is 12.8. The number of furan rings is 1. The van der Waals surface area contributed by atoms with E-state index in [0.29, 0.717) is 16.5 Å². The number of fused-ring (bicyclic) bond motifs is 3. The standard InChI is InChI=1S/C19H17ClN4O2S/c1-3-17(18(25)22-13-8-12(20)5-4-11(13)2)27-19-15-9-16-14(6-7-26-16)24(15)10-21-23-19/h4-10,17H,3H2,1-2H3,(H,22,25). The van der Waals surface area contributed by atoms with Crippen molar-refractivity contribution in [3.8, 4) is 0 Å². The first-order valence-electron chi connectivity index (χ1n) is 8.50. The first-order valence-corrected chi connectivity index (χ1v) is 9.76. The van der Waals surface area contributed by atoms with E-state index in [1.54, 1.807) is 24.7 Å². The van der Waals surface area contributed by atoms with Gasteiger partial charge in [-0.15, -0.1) is 10.2 Å². The third kappa shape index (κ3) is 3.40. The fourth-order valence-corrected chi connectivity index (χ4v) is 4.04. The molecule has 0 saturated heterocycles. The molecule has 0 bridgehead atoms. The number of carbonyl (C=O) groups is 1. The summed E-state index contributed by atoms with van der Waals surface area (Å²) in [5, 5.41) is 12.2. The van der Waals surface area contributed by atoms with E-state index in [-0.39, 0.29) is 11.2 Å². The van der Waals surface area contributed by atoms with Gasteiger partial charge in [0.05, 0.1) is 22.5 Å². The number of thioether (sulfide) groups is 1. The van der Waals surface area contributed by atoms with Crippen LogP contribution in [0.3, 0.4) is 0 Å². The van der Waals surface area contributed by atoms with Crippen molar-refractivity contribution >= 4 is 51.6 Å². The molecule has 0 aliphatic heterocycles. The van der Waals surface area contributed by atoms with Gasteiger partial charge < -0.3 is 9.73 Å². The lowest BCUT2D eigenvalue weighted by atomic mass is 10.2. The number of carbonyl (C=O) groups excluding carboxylic acids is 1. The molecule has 0 aliphatic carbocycles. The Hall–Kier alpha value is -2.51. The largest absolute Gasteiger partial charge is 0.463 e. The molecule has 1 unspecified atom stereocenters. The number of nitrogens with zero attached hydrogens (tertiary/aromatic N) is 3. The third-order valence-electron chi connectivity index (χ3n) is 4.37. The summed E-state index contributed by atoms with van der Waals surface area (Å²) in [6.07, 6.45) is 3.93. The number of hydrogen-bond acceptors (Lipinski definition) is 5. The molecule has 8 heteroatoms. The van der Waals surface area contributed by atoms with Crippen LogP contribution in [-0.2, 0) is 4.79 Å². The highest BCUT2D eigenvalue weighted by molar-refractivity contribution is 8.00. The number of hydrogen-bond donors (Lipinski definition) is 1. The molecule has 0 radical (unpaired) electrons. The number of nitrogens with one attached hydrogen (secondary N) is 1. The Labute approximate surface area is 164 Å². The zero-order valence-corrected chi connectivity index (χ0v) is 16.3. The highest BCUT2D eigenvalue weighted by Crippen LogP contribution is 2.31. The Morgan fingerprint density at radius 2 is 2.19 bits per heavy atom. The summed E-state index contributed by atoms with van der Waals surface area (Å²) >= 11 is 7.44. The first-order chi connectivity index (χ1) is 13.1. The van der Waals surface area contributed by atoms with E-state index in [0.717, 1.165) is 27.9 Å². The van der Waals surface area contributed by atoms with Crippen molar-refractivity contribution in [1.82, 2.24) is 14.6 Å². The lowest BCUT2D eigenvalue weighted by molar-refractivity contribution is -0.115. The second-order valence-corrected chi connectivity index (χ2v) is 7.80. The number of halogens is 1. The Bertz CT molecular complexity index is 1140. The van der Waals surface area contributed by atoms with Gasteiger partial charge in [0.1, 0.15) is 11.4 Å². The highest BCUT2D eigenvalue weighted by atomic mass is 35.5. The van der Waals surface area contributed by atoms with Crippen LogP contribution in [0.25, 0.3) is 16.6 Å². The molecule has 6 nitrogen and oxygen atoms in total. The molecule has 1 N–H and O–H groups in total. The fraction of sp³-hybridized carbons (Fsp3) is 0.211. The third-order valence-corrected chi connectivity index (χ3v) is 5.95. The Morgan fingerprint density at radius 3 is 3.00 bits per heavy atom. The number of benzene rings is 1. The molecule has 0 aliphatic rings. The summed E-state index contributed by atoms with van der Waals surface area (Å²) in [5.41, 5.74) is 4.24. The topological polar surface area (TPSA) is 72.4 Å². The van der Waals surface area contributed by atoms with Crippen LogP contribution in [0.4, 0.5) is 5.69 Å². The van der Waals surface area contributed by atoms with E-state index in [1.807, 2.05) is 36.4 Å². The predicted octanol–water partition coefficient (Wildman–Crippen LogP) is 4.95. The first kappa shape index (κ1) is 17.9. The summed E-state index contributed by atoms with van der Waals surface area (Å²) in [7, 11) is 0. The molecule has 1 amide bonds. The van der Waals surface area contributed by atoms with Crippen LogP contribution in [0.5, 0.6) is 0 Å². The monoisotopic (exact) mass is 400 g/mol. The minimum atomic E-state index is -0.315. The van der Waals surface area contributed by atoms with Gasteiger partial charge in [0.25, 0.3) is 0 Å². The van der Waals surface area contributed by atoms with Gasteiger partial charge in [-0.2, -0.15) is 0 Å². The van der Waals surface area contributed by atoms with Gasteiger partial charge in [-0.25, -0.2) is 0 Å². The molecule has 4 rings (SSSR count). The number of anilines is 1. The van der Waals surface area contributed by atoms with Crippen LogP contribution in [0, 0.1) is 6.92 Å². The van der Waals surface area contributed by atoms with E-state index in [9.17, 15) is 4.79 Å². The molecule has 0 saturated carbocycles. The van der Waals surface area contributed by atoms with Gasteiger partial charge in [-0.1, -0.05) is 36.4 Å². The molecule has 1 atom stereocenters. The minimum absolute atomic E-state index is 0.0908. The second kappa shape index (κ2) is 7.25. The lowest BCUT2D eigenvalue weighted by Crippen LogP contribution is -2.25. The average Bonchev–Trinajstić information content (AvgIpc) is 3.24. The van der Waals surface area contributed by atoms with Crippen LogP contribution < -0.4 is 5.32 Å². The Balaban J connectivity index is 1.61. The summed E-state index contributed by atoms with van der Waals surface area (Å²) < 4.78 is 7.38. The van der Waals surface area contributed by atoms with Crippen LogP contribution >= 0.6 is 23.4 Å². The zero-order valence-electron chi connectivity index (χ0n) is 14.8. The van der Waals surface area contributed by atoms with E-state index >= 15 is 0 Å². The second-order valence-electron chi connectivity index (χ2n) is 6.17. The van der Waals surface area contributed by atoms with Gasteiger partial charge in [0.15, 0.2) is 5.58 Å². The van der Waals surface area contributed by atoms with Crippen LogP contribution in [0.2, 0.25) is 5.02 Å². The van der Waals surface area contributed by atoms with Crippen LogP contribution in [0.1, 0.15) is 18.9 Å². The average molecular weight is 401 g/mol. The fourth-order valence-electron chi connectivity index (χ4n) is 2.90. The zero-order chi connectivity index (χ0) is 19.0. The molecule has 4 aromatic rings. The maximum absolute atomic E-state index is 12.8. The molecule has 1 aromatic carbocycles. The van der Waals surface area contributed by atoms with Crippen molar-refractivity contribution in [3.05, 3.63) is 53.5 Å². The van der Waals surface area contributed by atoms with Gasteiger partial charge in [0, 0.05) is 22.8 Å². The number of rotatable bonds is 5. The van der Waals surface area contributed by atoms with Crippen molar-refractivity contribution in [2.24, 2.45) is 0 Å². The minimum Gasteiger partial charge on any atom is -0.463 e. The summed E-state index contributed by atoms with van der Waals surface area (Å²) in [5.74, 6) is -0.0908. The van der Waals surface area contributed by atoms with Gasteiger partial charge in [-0.05, 0) is 31.0 Å². The molecule has 0 spiro atoms. The number of amides is 1. The molecular formula is C19H17ClN4O2S.